The lowest BCUT2D eigenvalue weighted by Gasteiger charge is -2.08. The van der Waals surface area contributed by atoms with Crippen LogP contribution in [0.2, 0.25) is 0 Å². The van der Waals surface area contributed by atoms with E-state index in [1.165, 1.54) is 0 Å². The molecule has 6 heteroatoms. The highest BCUT2D eigenvalue weighted by Gasteiger charge is 2.15. The molecule has 0 aliphatic heterocycles. The Bertz CT molecular complexity index is 716. The zero-order chi connectivity index (χ0) is 16.7. The van der Waals surface area contributed by atoms with Crippen LogP contribution in [0.3, 0.4) is 0 Å². The molecule has 0 unspecified atom stereocenters. The van der Waals surface area contributed by atoms with E-state index in [9.17, 15) is 10.1 Å². The number of nitrogens with zero attached hydrogens (tertiary/aromatic N) is 4. The summed E-state index contributed by atoms with van der Waals surface area (Å²) >= 11 is 0. The molecule has 0 amide bonds. The second kappa shape index (κ2) is 8.08. The minimum Gasteiger partial charge on any atom is -0.462 e. The van der Waals surface area contributed by atoms with Gasteiger partial charge in [0.15, 0.2) is 5.69 Å². The summed E-state index contributed by atoms with van der Waals surface area (Å²) in [5.41, 5.74) is 2.27. The maximum Gasteiger partial charge on any atom is 0.338 e. The molecule has 0 aliphatic carbocycles. The van der Waals surface area contributed by atoms with E-state index in [1.807, 2.05) is 13.0 Å². The number of unbranched alkanes of at least 4 members (excludes halogenated alkanes) is 1. The smallest absolute Gasteiger partial charge is 0.338 e. The van der Waals surface area contributed by atoms with Crippen molar-refractivity contribution >= 4 is 5.97 Å². The first-order valence-electron chi connectivity index (χ1n) is 7.83. The number of carbonyl (C=O) groups is 1. The number of benzene rings is 1. The van der Waals surface area contributed by atoms with Crippen molar-refractivity contribution in [3.8, 4) is 11.8 Å². The molecule has 0 aliphatic rings. The third-order valence-electron chi connectivity index (χ3n) is 3.40. The van der Waals surface area contributed by atoms with Gasteiger partial charge in [0.25, 0.3) is 0 Å². The molecule has 0 N–H and O–H groups in total. The third kappa shape index (κ3) is 3.95. The van der Waals surface area contributed by atoms with Gasteiger partial charge < -0.3 is 4.74 Å². The van der Waals surface area contributed by atoms with Gasteiger partial charge in [-0.2, -0.15) is 5.26 Å². The molecule has 120 valence electrons. The van der Waals surface area contributed by atoms with Crippen molar-refractivity contribution in [3.63, 3.8) is 0 Å². The Labute approximate surface area is 135 Å². The minimum atomic E-state index is -0.357. The lowest BCUT2D eigenvalue weighted by molar-refractivity contribution is 0.0505. The second-order valence-electron chi connectivity index (χ2n) is 5.20. The molecule has 0 radical (unpaired) electrons. The van der Waals surface area contributed by atoms with Gasteiger partial charge in [0.05, 0.1) is 23.6 Å². The van der Waals surface area contributed by atoms with Gasteiger partial charge in [0.2, 0.25) is 0 Å². The first-order chi connectivity index (χ1) is 11.2. The maximum absolute atomic E-state index is 12.0. The van der Waals surface area contributed by atoms with Crippen LogP contribution >= 0.6 is 0 Å². The zero-order valence-corrected chi connectivity index (χ0v) is 13.5. The Morgan fingerprint density at radius 2 is 2.17 bits per heavy atom. The number of esters is 1. The van der Waals surface area contributed by atoms with Crippen molar-refractivity contribution in [2.45, 2.75) is 39.5 Å². The van der Waals surface area contributed by atoms with Crippen LogP contribution in [0.15, 0.2) is 24.3 Å². The SMILES string of the molecule is CCCCc1c(C#N)nnn1-c1cccc(C(=O)OCCC)c1. The third-order valence-corrected chi connectivity index (χ3v) is 3.40. The van der Waals surface area contributed by atoms with Crippen molar-refractivity contribution < 1.29 is 9.53 Å². The van der Waals surface area contributed by atoms with Crippen LogP contribution in [0.4, 0.5) is 0 Å². The van der Waals surface area contributed by atoms with Gasteiger partial charge in [-0.05, 0) is 37.5 Å². The van der Waals surface area contributed by atoms with Gasteiger partial charge in [-0.1, -0.05) is 31.5 Å². The summed E-state index contributed by atoms with van der Waals surface area (Å²) in [4.78, 5) is 12.0. The minimum absolute atomic E-state index is 0.331. The molecule has 1 aromatic carbocycles. The van der Waals surface area contributed by atoms with Crippen LogP contribution in [0.5, 0.6) is 0 Å². The molecule has 0 saturated carbocycles. The van der Waals surface area contributed by atoms with Crippen molar-refractivity contribution in [2.24, 2.45) is 0 Å². The maximum atomic E-state index is 12.0. The largest absolute Gasteiger partial charge is 0.462 e. The predicted octanol–water partition coefficient (Wildman–Crippen LogP) is 3.05. The standard InChI is InChI=1S/C17H20N4O2/c1-3-5-9-16-15(12-18)19-20-21(16)14-8-6-7-13(11-14)17(22)23-10-4-2/h6-8,11H,3-5,9-10H2,1-2H3. The highest BCUT2D eigenvalue weighted by atomic mass is 16.5. The summed E-state index contributed by atoms with van der Waals surface area (Å²) in [5, 5.41) is 17.2. The summed E-state index contributed by atoms with van der Waals surface area (Å²) < 4.78 is 6.78. The zero-order valence-electron chi connectivity index (χ0n) is 13.5. The number of carbonyl (C=O) groups excluding carboxylic acids is 1. The van der Waals surface area contributed by atoms with Gasteiger partial charge in [-0.25, -0.2) is 9.48 Å². The van der Waals surface area contributed by atoms with E-state index in [0.717, 1.165) is 31.4 Å². The van der Waals surface area contributed by atoms with Crippen LogP contribution in [-0.4, -0.2) is 27.6 Å². The number of hydrogen-bond acceptors (Lipinski definition) is 5. The Hall–Kier alpha value is -2.68. The number of aromatic nitrogens is 3. The first kappa shape index (κ1) is 16.7. The molecule has 1 heterocycles. The predicted molar refractivity (Wildman–Crippen MR) is 85.3 cm³/mol. The van der Waals surface area contributed by atoms with Crippen molar-refractivity contribution in [1.29, 1.82) is 5.26 Å². The number of hydrogen-bond donors (Lipinski definition) is 0. The lowest BCUT2D eigenvalue weighted by Crippen LogP contribution is -2.08. The van der Waals surface area contributed by atoms with E-state index in [4.69, 9.17) is 4.74 Å². The average molecular weight is 312 g/mol. The fraction of sp³-hybridized carbons (Fsp3) is 0.412. The van der Waals surface area contributed by atoms with Gasteiger partial charge in [-0.15, -0.1) is 5.10 Å². The molecule has 0 fully saturated rings. The van der Waals surface area contributed by atoms with Crippen LogP contribution < -0.4 is 0 Å². The normalized spacial score (nSPS) is 10.3. The molecule has 0 atom stereocenters. The molecule has 0 spiro atoms. The lowest BCUT2D eigenvalue weighted by atomic mass is 10.1. The Balaban J connectivity index is 2.34. The fourth-order valence-electron chi connectivity index (χ4n) is 2.21. The molecule has 2 rings (SSSR count). The number of ether oxygens (including phenoxy) is 1. The van der Waals surface area contributed by atoms with E-state index in [0.29, 0.717) is 23.6 Å². The van der Waals surface area contributed by atoms with Gasteiger partial charge in [-0.3, -0.25) is 0 Å². The summed E-state index contributed by atoms with van der Waals surface area (Å²) in [5.74, 6) is -0.357. The van der Waals surface area contributed by atoms with Crippen LogP contribution in [-0.2, 0) is 11.2 Å². The van der Waals surface area contributed by atoms with Crippen molar-refractivity contribution in [3.05, 3.63) is 41.2 Å². The molecule has 2 aromatic rings. The topological polar surface area (TPSA) is 80.8 Å². The Kier molecular flexibility index (Phi) is 5.87. The summed E-state index contributed by atoms with van der Waals surface area (Å²) in [6.45, 7) is 4.43. The quantitative estimate of drug-likeness (QED) is 0.734. The molecular formula is C17H20N4O2. The highest BCUT2D eigenvalue weighted by molar-refractivity contribution is 5.90. The summed E-state index contributed by atoms with van der Waals surface area (Å²) in [6, 6.07) is 9.10. The van der Waals surface area contributed by atoms with Gasteiger partial charge in [0, 0.05) is 0 Å². The average Bonchev–Trinajstić information content (AvgIpc) is 3.00. The highest BCUT2D eigenvalue weighted by Crippen LogP contribution is 2.17. The van der Waals surface area contributed by atoms with Crippen LogP contribution in [0.1, 0.15) is 54.9 Å². The second-order valence-corrected chi connectivity index (χ2v) is 5.20. The molecular weight excluding hydrogens is 292 g/mol. The van der Waals surface area contributed by atoms with Crippen LogP contribution in [0.25, 0.3) is 5.69 Å². The van der Waals surface area contributed by atoms with E-state index in [-0.39, 0.29) is 5.97 Å². The summed E-state index contributed by atoms with van der Waals surface area (Å²) in [6.07, 6.45) is 3.46. The summed E-state index contributed by atoms with van der Waals surface area (Å²) in [7, 11) is 0. The van der Waals surface area contributed by atoms with E-state index in [1.54, 1.807) is 22.9 Å². The molecule has 6 nitrogen and oxygen atoms in total. The molecule has 0 bridgehead atoms. The van der Waals surface area contributed by atoms with Crippen molar-refractivity contribution in [1.82, 2.24) is 15.0 Å². The molecule has 1 aromatic heterocycles. The number of rotatable bonds is 7. The number of nitriles is 1. The molecule has 23 heavy (non-hydrogen) atoms. The van der Waals surface area contributed by atoms with Crippen molar-refractivity contribution in [2.75, 3.05) is 6.61 Å². The fourth-order valence-corrected chi connectivity index (χ4v) is 2.21. The Morgan fingerprint density at radius 3 is 2.87 bits per heavy atom. The van der Waals surface area contributed by atoms with E-state index in [2.05, 4.69) is 23.3 Å². The molecule has 0 saturated heterocycles. The first-order valence-corrected chi connectivity index (χ1v) is 7.83. The van der Waals surface area contributed by atoms with Crippen LogP contribution in [0, 0.1) is 11.3 Å². The van der Waals surface area contributed by atoms with E-state index < -0.39 is 0 Å². The Morgan fingerprint density at radius 1 is 1.35 bits per heavy atom. The van der Waals surface area contributed by atoms with E-state index >= 15 is 0 Å². The monoisotopic (exact) mass is 312 g/mol. The van der Waals surface area contributed by atoms with Gasteiger partial charge in [0.1, 0.15) is 6.07 Å². The van der Waals surface area contributed by atoms with Gasteiger partial charge >= 0.3 is 5.97 Å².